The maximum absolute atomic E-state index is 10.0. The molecule has 2 N–H and O–H groups in total. The quantitative estimate of drug-likeness (QED) is 0.835. The molecular weight excluding hydrogens is 254 g/mol. The molecule has 20 heavy (non-hydrogen) atoms. The minimum Gasteiger partial charge on any atom is -0.491 e. The third-order valence-corrected chi connectivity index (χ3v) is 3.89. The summed E-state index contributed by atoms with van der Waals surface area (Å²) in [5.74, 6) is 0.837. The van der Waals surface area contributed by atoms with Crippen molar-refractivity contribution in [3.05, 3.63) is 29.8 Å². The van der Waals surface area contributed by atoms with E-state index in [1.54, 1.807) is 0 Å². The maximum atomic E-state index is 10.0. The van der Waals surface area contributed by atoms with Crippen LogP contribution in [0.25, 0.3) is 0 Å². The van der Waals surface area contributed by atoms with E-state index in [4.69, 9.17) is 9.47 Å². The molecule has 1 aliphatic rings. The zero-order valence-electron chi connectivity index (χ0n) is 12.4. The summed E-state index contributed by atoms with van der Waals surface area (Å²) in [7, 11) is 0. The van der Waals surface area contributed by atoms with Crippen LogP contribution in [0, 0.1) is 6.92 Å². The van der Waals surface area contributed by atoms with Crippen molar-refractivity contribution in [1.82, 2.24) is 5.32 Å². The van der Waals surface area contributed by atoms with Crippen LogP contribution in [0.4, 0.5) is 0 Å². The lowest BCUT2D eigenvalue weighted by molar-refractivity contribution is 0.0342. The highest BCUT2D eigenvalue weighted by Gasteiger charge is 2.27. The Hall–Kier alpha value is -1.10. The molecule has 1 fully saturated rings. The minimum absolute atomic E-state index is 0.0713. The average Bonchev–Trinajstić information content (AvgIpc) is 2.45. The van der Waals surface area contributed by atoms with Gasteiger partial charge in [0, 0.05) is 25.3 Å². The lowest BCUT2D eigenvalue weighted by Gasteiger charge is -2.35. The molecule has 0 aromatic heterocycles. The van der Waals surface area contributed by atoms with Gasteiger partial charge in [-0.05, 0) is 38.3 Å². The molecule has 1 aromatic rings. The molecule has 1 aliphatic heterocycles. The van der Waals surface area contributed by atoms with Crippen LogP contribution in [0.15, 0.2) is 24.3 Å². The van der Waals surface area contributed by atoms with Crippen molar-refractivity contribution in [2.45, 2.75) is 38.3 Å². The van der Waals surface area contributed by atoms with Gasteiger partial charge in [0.05, 0.1) is 0 Å². The predicted octanol–water partition coefficient (Wildman–Crippen LogP) is 1.89. The van der Waals surface area contributed by atoms with Crippen molar-refractivity contribution < 1.29 is 14.6 Å². The molecule has 1 heterocycles. The van der Waals surface area contributed by atoms with Crippen LogP contribution in [-0.2, 0) is 4.74 Å². The zero-order valence-corrected chi connectivity index (χ0v) is 12.4. The molecule has 1 saturated heterocycles. The van der Waals surface area contributed by atoms with Crippen LogP contribution in [0.2, 0.25) is 0 Å². The number of aryl methyl sites for hydroxylation is 1. The molecule has 4 nitrogen and oxygen atoms in total. The molecule has 1 unspecified atom stereocenters. The highest BCUT2D eigenvalue weighted by Crippen LogP contribution is 2.20. The van der Waals surface area contributed by atoms with Crippen molar-refractivity contribution in [3.63, 3.8) is 0 Å². The normalized spacial score (nSPS) is 19.6. The Morgan fingerprint density at radius 1 is 1.35 bits per heavy atom. The van der Waals surface area contributed by atoms with Crippen molar-refractivity contribution >= 4 is 0 Å². The van der Waals surface area contributed by atoms with Gasteiger partial charge in [-0.15, -0.1) is 0 Å². The number of aliphatic hydroxyl groups is 1. The van der Waals surface area contributed by atoms with E-state index >= 15 is 0 Å². The molecule has 1 aromatic carbocycles. The fourth-order valence-corrected chi connectivity index (χ4v) is 2.33. The van der Waals surface area contributed by atoms with Gasteiger partial charge in [-0.3, -0.25) is 0 Å². The minimum atomic E-state index is -0.505. The van der Waals surface area contributed by atoms with Gasteiger partial charge in [-0.2, -0.15) is 0 Å². The van der Waals surface area contributed by atoms with Crippen LogP contribution in [0.1, 0.15) is 25.3 Å². The number of nitrogens with one attached hydrogen (secondary N) is 1. The summed E-state index contributed by atoms with van der Waals surface area (Å²) in [6, 6.07) is 7.85. The van der Waals surface area contributed by atoms with Crippen LogP contribution in [0.5, 0.6) is 5.75 Å². The molecule has 0 aliphatic carbocycles. The Bertz CT molecular complexity index is 416. The first-order chi connectivity index (χ1) is 9.59. The number of para-hydroxylation sites is 1. The van der Waals surface area contributed by atoms with Crippen molar-refractivity contribution in [1.29, 1.82) is 0 Å². The van der Waals surface area contributed by atoms with E-state index in [0.29, 0.717) is 13.2 Å². The second-order valence-electron chi connectivity index (χ2n) is 5.78. The topological polar surface area (TPSA) is 50.7 Å². The first-order valence-corrected chi connectivity index (χ1v) is 7.28. The van der Waals surface area contributed by atoms with Gasteiger partial charge >= 0.3 is 0 Å². The second-order valence-corrected chi connectivity index (χ2v) is 5.78. The number of benzene rings is 1. The van der Waals surface area contributed by atoms with Gasteiger partial charge in [0.25, 0.3) is 0 Å². The van der Waals surface area contributed by atoms with Gasteiger partial charge in [-0.1, -0.05) is 18.2 Å². The smallest absolute Gasteiger partial charge is 0.122 e. The summed E-state index contributed by atoms with van der Waals surface area (Å²) in [4.78, 5) is 0. The van der Waals surface area contributed by atoms with Gasteiger partial charge < -0.3 is 19.9 Å². The van der Waals surface area contributed by atoms with E-state index in [1.165, 1.54) is 0 Å². The first-order valence-electron chi connectivity index (χ1n) is 7.28. The van der Waals surface area contributed by atoms with E-state index in [0.717, 1.165) is 37.4 Å². The molecule has 2 rings (SSSR count). The van der Waals surface area contributed by atoms with Gasteiger partial charge in [0.2, 0.25) is 0 Å². The zero-order chi connectivity index (χ0) is 14.4. The van der Waals surface area contributed by atoms with Crippen LogP contribution >= 0.6 is 0 Å². The SMILES string of the molecule is Cc1ccccc1OCC(O)CNC1(C)CCOCC1. The van der Waals surface area contributed by atoms with Gasteiger partial charge in [0.1, 0.15) is 18.5 Å². The molecule has 0 amide bonds. The van der Waals surface area contributed by atoms with Gasteiger partial charge in [0.15, 0.2) is 0 Å². The van der Waals surface area contributed by atoms with E-state index in [-0.39, 0.29) is 5.54 Å². The van der Waals surface area contributed by atoms with Crippen LogP contribution in [0.3, 0.4) is 0 Å². The number of ether oxygens (including phenoxy) is 2. The highest BCUT2D eigenvalue weighted by atomic mass is 16.5. The lowest BCUT2D eigenvalue weighted by Crippen LogP contribution is -2.50. The Morgan fingerprint density at radius 2 is 2.05 bits per heavy atom. The van der Waals surface area contributed by atoms with Crippen molar-refractivity contribution in [2.75, 3.05) is 26.4 Å². The van der Waals surface area contributed by atoms with Crippen molar-refractivity contribution in [3.8, 4) is 5.75 Å². The fourth-order valence-electron chi connectivity index (χ4n) is 2.33. The standard InChI is InChI=1S/C16H25NO3/c1-13-5-3-4-6-15(13)20-12-14(18)11-17-16(2)7-9-19-10-8-16/h3-6,14,17-18H,7-12H2,1-2H3. The summed E-state index contributed by atoms with van der Waals surface area (Å²) in [6.45, 7) is 6.62. The Kier molecular flexibility index (Phi) is 5.40. The predicted molar refractivity (Wildman–Crippen MR) is 79.1 cm³/mol. The summed E-state index contributed by atoms with van der Waals surface area (Å²) in [5, 5.41) is 13.5. The molecule has 1 atom stereocenters. The summed E-state index contributed by atoms with van der Waals surface area (Å²) in [5.41, 5.74) is 1.16. The monoisotopic (exact) mass is 279 g/mol. The molecule has 0 radical (unpaired) electrons. The number of rotatable bonds is 6. The molecule has 0 saturated carbocycles. The largest absolute Gasteiger partial charge is 0.491 e. The number of β-amino-alcohol motifs (C(OH)–C–C–N with tert-alkyl or cyclic N) is 1. The highest BCUT2D eigenvalue weighted by molar-refractivity contribution is 5.31. The van der Waals surface area contributed by atoms with E-state index in [9.17, 15) is 5.11 Å². The van der Waals surface area contributed by atoms with E-state index in [2.05, 4.69) is 12.2 Å². The van der Waals surface area contributed by atoms with Gasteiger partial charge in [-0.25, -0.2) is 0 Å². The molecular formula is C16H25NO3. The second kappa shape index (κ2) is 7.07. The summed E-state index contributed by atoms with van der Waals surface area (Å²) < 4.78 is 11.0. The molecule has 0 bridgehead atoms. The fraction of sp³-hybridized carbons (Fsp3) is 0.625. The number of hydrogen-bond acceptors (Lipinski definition) is 4. The summed E-state index contributed by atoms with van der Waals surface area (Å²) >= 11 is 0. The van der Waals surface area contributed by atoms with Crippen molar-refractivity contribution in [2.24, 2.45) is 0 Å². The summed E-state index contributed by atoms with van der Waals surface area (Å²) in [6.07, 6.45) is 1.46. The Morgan fingerprint density at radius 3 is 2.75 bits per heavy atom. The molecule has 4 heteroatoms. The third-order valence-electron chi connectivity index (χ3n) is 3.89. The third kappa shape index (κ3) is 4.47. The van der Waals surface area contributed by atoms with Crippen LogP contribution in [-0.4, -0.2) is 43.1 Å². The molecule has 112 valence electrons. The maximum Gasteiger partial charge on any atom is 0.122 e. The number of aliphatic hydroxyl groups excluding tert-OH is 1. The average molecular weight is 279 g/mol. The Balaban J connectivity index is 1.73. The Labute approximate surface area is 121 Å². The first kappa shape index (κ1) is 15.3. The number of hydrogen-bond donors (Lipinski definition) is 2. The van der Waals surface area contributed by atoms with Crippen LogP contribution < -0.4 is 10.1 Å². The molecule has 0 spiro atoms. The van der Waals surface area contributed by atoms with E-state index in [1.807, 2.05) is 31.2 Å². The lowest BCUT2D eigenvalue weighted by atomic mass is 9.92. The van der Waals surface area contributed by atoms with E-state index < -0.39 is 6.10 Å².